The Morgan fingerprint density at radius 3 is 2.32 bits per heavy atom. The van der Waals surface area contributed by atoms with Crippen LogP contribution in [0.4, 0.5) is 10.1 Å². The van der Waals surface area contributed by atoms with Gasteiger partial charge in [-0.2, -0.15) is 0 Å². The van der Waals surface area contributed by atoms with Crippen LogP contribution in [-0.4, -0.2) is 8.42 Å². The summed E-state index contributed by atoms with van der Waals surface area (Å²) >= 11 is 5.82. The molecule has 0 saturated carbocycles. The molecule has 0 saturated heterocycles. The number of halogens is 2. The van der Waals surface area contributed by atoms with E-state index >= 15 is 0 Å². The van der Waals surface area contributed by atoms with Gasteiger partial charge in [0.1, 0.15) is 5.82 Å². The first-order valence-electron chi connectivity index (χ1n) is 5.41. The summed E-state index contributed by atoms with van der Waals surface area (Å²) in [6.07, 6.45) is 0. The van der Waals surface area contributed by atoms with Gasteiger partial charge in [0.2, 0.25) is 0 Å². The van der Waals surface area contributed by atoms with Gasteiger partial charge in [-0.1, -0.05) is 17.7 Å². The minimum atomic E-state index is -3.53. The maximum Gasteiger partial charge on any atom is 0.182 e. The first-order valence-corrected chi connectivity index (χ1v) is 7.44. The molecule has 0 bridgehead atoms. The highest BCUT2D eigenvalue weighted by atomic mass is 35.5. The van der Waals surface area contributed by atoms with Crippen molar-refractivity contribution in [1.82, 2.24) is 0 Å². The minimum Gasteiger partial charge on any atom is -0.399 e. The summed E-state index contributed by atoms with van der Waals surface area (Å²) in [5.74, 6) is -0.783. The highest BCUT2D eigenvalue weighted by Gasteiger charge is 2.17. The summed E-state index contributed by atoms with van der Waals surface area (Å²) in [6, 6.07) is 9.53. The Hall–Kier alpha value is -1.59. The predicted molar refractivity (Wildman–Crippen MR) is 73.2 cm³/mol. The number of benzene rings is 2. The Bertz CT molecular complexity index is 699. The molecule has 0 atom stereocenters. The molecule has 0 aliphatic carbocycles. The second-order valence-corrected chi connectivity index (χ2v) is 6.46. The van der Waals surface area contributed by atoms with Crippen molar-refractivity contribution >= 4 is 27.1 Å². The fraction of sp³-hybridized carbons (Fsp3) is 0.0769. The lowest BCUT2D eigenvalue weighted by atomic mass is 10.2. The summed E-state index contributed by atoms with van der Waals surface area (Å²) in [5, 5.41) is 0.0963. The molecule has 19 heavy (non-hydrogen) atoms. The van der Waals surface area contributed by atoms with E-state index in [4.69, 9.17) is 17.3 Å². The molecule has 0 aromatic heterocycles. The smallest absolute Gasteiger partial charge is 0.182 e. The van der Waals surface area contributed by atoms with Crippen molar-refractivity contribution in [2.24, 2.45) is 0 Å². The van der Waals surface area contributed by atoms with Crippen LogP contribution in [0.1, 0.15) is 5.56 Å². The molecular formula is C13H11ClFNO2S. The second kappa shape index (κ2) is 5.19. The molecule has 0 fully saturated rings. The van der Waals surface area contributed by atoms with Crippen molar-refractivity contribution in [2.75, 3.05) is 5.73 Å². The maximum atomic E-state index is 12.9. The van der Waals surface area contributed by atoms with Gasteiger partial charge in [-0.3, -0.25) is 0 Å². The summed E-state index contributed by atoms with van der Waals surface area (Å²) < 4.78 is 37.2. The van der Waals surface area contributed by atoms with Crippen molar-refractivity contribution in [3.8, 4) is 0 Å². The lowest BCUT2D eigenvalue weighted by Crippen LogP contribution is -2.05. The number of nitrogen functional groups attached to an aromatic ring is 1. The number of hydrogen-bond donors (Lipinski definition) is 1. The molecule has 0 aliphatic rings. The minimum absolute atomic E-state index is 0.0963. The van der Waals surface area contributed by atoms with Crippen molar-refractivity contribution < 1.29 is 12.8 Å². The van der Waals surface area contributed by atoms with Crippen molar-refractivity contribution in [3.05, 3.63) is 58.9 Å². The largest absolute Gasteiger partial charge is 0.399 e. The number of nitrogens with two attached hydrogens (primary N) is 1. The van der Waals surface area contributed by atoms with Gasteiger partial charge in [0.15, 0.2) is 9.84 Å². The molecule has 0 spiro atoms. The molecule has 2 N–H and O–H groups in total. The fourth-order valence-corrected chi connectivity index (χ4v) is 3.29. The summed E-state index contributed by atoms with van der Waals surface area (Å²) in [4.78, 5) is 0.155. The molecule has 6 heteroatoms. The predicted octanol–water partition coefficient (Wildman–Crippen LogP) is 3.04. The van der Waals surface area contributed by atoms with Crippen molar-refractivity contribution in [1.29, 1.82) is 0 Å². The van der Waals surface area contributed by atoms with E-state index in [0.717, 1.165) is 6.07 Å². The average molecular weight is 300 g/mol. The van der Waals surface area contributed by atoms with Gasteiger partial charge >= 0.3 is 0 Å². The van der Waals surface area contributed by atoms with Crippen LogP contribution in [0.15, 0.2) is 47.4 Å². The zero-order valence-electron chi connectivity index (χ0n) is 9.81. The van der Waals surface area contributed by atoms with Gasteiger partial charge < -0.3 is 5.73 Å². The first kappa shape index (κ1) is 13.8. The van der Waals surface area contributed by atoms with E-state index in [1.54, 1.807) is 0 Å². The van der Waals surface area contributed by atoms with Crippen LogP contribution < -0.4 is 5.73 Å². The Kier molecular flexibility index (Phi) is 3.78. The standard InChI is InChI=1S/C13H11ClFNO2S/c14-13-7-10(15)2-1-9(13)8-19(17,18)12-5-3-11(16)4-6-12/h1-7H,8,16H2. The van der Waals surface area contributed by atoms with Crippen LogP contribution in [-0.2, 0) is 15.6 Å². The zero-order chi connectivity index (χ0) is 14.0. The third-order valence-corrected chi connectivity index (χ3v) is 4.63. The van der Waals surface area contributed by atoms with E-state index < -0.39 is 15.7 Å². The van der Waals surface area contributed by atoms with Gasteiger partial charge in [-0.15, -0.1) is 0 Å². The molecule has 2 aromatic rings. The lowest BCUT2D eigenvalue weighted by Gasteiger charge is -2.07. The Morgan fingerprint density at radius 1 is 1.11 bits per heavy atom. The summed E-state index contributed by atoms with van der Waals surface area (Å²) in [6.45, 7) is 0. The molecule has 0 heterocycles. The number of sulfone groups is 1. The van der Waals surface area contributed by atoms with E-state index in [0.29, 0.717) is 11.3 Å². The van der Waals surface area contributed by atoms with Crippen LogP contribution in [0, 0.1) is 5.82 Å². The molecule has 2 rings (SSSR count). The summed E-state index contributed by atoms with van der Waals surface area (Å²) in [7, 11) is -3.53. The normalized spacial score (nSPS) is 11.5. The molecule has 0 radical (unpaired) electrons. The number of hydrogen-bond acceptors (Lipinski definition) is 3. The highest BCUT2D eigenvalue weighted by molar-refractivity contribution is 7.90. The zero-order valence-corrected chi connectivity index (χ0v) is 11.4. The van der Waals surface area contributed by atoms with Crippen LogP contribution in [0.25, 0.3) is 0 Å². The van der Waals surface area contributed by atoms with E-state index in [2.05, 4.69) is 0 Å². The molecule has 3 nitrogen and oxygen atoms in total. The monoisotopic (exact) mass is 299 g/mol. The second-order valence-electron chi connectivity index (χ2n) is 4.06. The number of rotatable bonds is 3. The quantitative estimate of drug-likeness (QED) is 0.886. The topological polar surface area (TPSA) is 60.2 Å². The van der Waals surface area contributed by atoms with Crippen molar-refractivity contribution in [3.63, 3.8) is 0 Å². The van der Waals surface area contributed by atoms with Crippen LogP contribution in [0.2, 0.25) is 5.02 Å². The van der Waals surface area contributed by atoms with Gasteiger partial charge in [0.05, 0.1) is 10.6 Å². The van der Waals surface area contributed by atoms with Crippen molar-refractivity contribution in [2.45, 2.75) is 10.6 Å². The summed E-state index contributed by atoms with van der Waals surface area (Å²) in [5.41, 5.74) is 6.35. The molecule has 100 valence electrons. The Morgan fingerprint density at radius 2 is 1.74 bits per heavy atom. The van der Waals surface area contributed by atoms with Crippen LogP contribution in [0.5, 0.6) is 0 Å². The lowest BCUT2D eigenvalue weighted by molar-refractivity contribution is 0.595. The Labute approximate surface area is 115 Å². The third-order valence-electron chi connectivity index (χ3n) is 2.60. The average Bonchev–Trinajstić information content (AvgIpc) is 2.33. The maximum absolute atomic E-state index is 12.9. The van der Waals surface area contributed by atoms with E-state index in [9.17, 15) is 12.8 Å². The molecular weight excluding hydrogens is 289 g/mol. The molecule has 0 unspecified atom stereocenters. The van der Waals surface area contributed by atoms with Crippen LogP contribution in [0.3, 0.4) is 0 Å². The van der Waals surface area contributed by atoms with Gasteiger partial charge in [0, 0.05) is 10.7 Å². The van der Waals surface area contributed by atoms with E-state index in [1.165, 1.54) is 36.4 Å². The highest BCUT2D eigenvalue weighted by Crippen LogP contribution is 2.23. The molecule has 2 aromatic carbocycles. The van der Waals surface area contributed by atoms with Gasteiger partial charge in [-0.05, 0) is 42.0 Å². The van der Waals surface area contributed by atoms with E-state index in [1.807, 2.05) is 0 Å². The molecule has 0 aliphatic heterocycles. The first-order chi connectivity index (χ1) is 8.88. The number of anilines is 1. The van der Waals surface area contributed by atoms with E-state index in [-0.39, 0.29) is 15.7 Å². The van der Waals surface area contributed by atoms with Gasteiger partial charge in [-0.25, -0.2) is 12.8 Å². The Balaban J connectivity index is 2.33. The molecule has 0 amide bonds. The SMILES string of the molecule is Nc1ccc(S(=O)(=O)Cc2ccc(F)cc2Cl)cc1. The third kappa shape index (κ3) is 3.24. The van der Waals surface area contributed by atoms with Crippen LogP contribution >= 0.6 is 11.6 Å². The fourth-order valence-electron chi connectivity index (χ4n) is 1.60. The van der Waals surface area contributed by atoms with Gasteiger partial charge in [0.25, 0.3) is 0 Å².